The Labute approximate surface area is 97.2 Å². The number of nitrogens with two attached hydrogens (primary N) is 1. The monoisotopic (exact) mass is 220 g/mol. The number of hydrogen-bond donors (Lipinski definition) is 1. The summed E-state index contributed by atoms with van der Waals surface area (Å²) in [5.41, 5.74) is 8.78. The predicted octanol–water partition coefficient (Wildman–Crippen LogP) is 1.70. The second-order valence-electron chi connectivity index (χ2n) is 4.96. The van der Waals surface area contributed by atoms with E-state index in [1.165, 1.54) is 11.1 Å². The second-order valence-corrected chi connectivity index (χ2v) is 4.96. The molecule has 0 saturated carbocycles. The first-order chi connectivity index (χ1) is 7.46. The molecule has 0 spiro atoms. The SMILES string of the molecule is COc1ccc2c(c1)CC(N)N(C)C2(C)C. The molecular weight excluding hydrogens is 200 g/mol. The first kappa shape index (κ1) is 11.4. The third-order valence-corrected chi connectivity index (χ3v) is 3.78. The van der Waals surface area contributed by atoms with Gasteiger partial charge in [0.15, 0.2) is 0 Å². The van der Waals surface area contributed by atoms with Crippen LogP contribution in [0.1, 0.15) is 25.0 Å². The van der Waals surface area contributed by atoms with E-state index in [1.54, 1.807) is 7.11 Å². The molecule has 1 aliphatic heterocycles. The van der Waals surface area contributed by atoms with Crippen molar-refractivity contribution in [3.8, 4) is 5.75 Å². The van der Waals surface area contributed by atoms with Gasteiger partial charge in [-0.15, -0.1) is 0 Å². The van der Waals surface area contributed by atoms with Crippen LogP contribution in [0, 0.1) is 0 Å². The maximum absolute atomic E-state index is 6.15. The lowest BCUT2D eigenvalue weighted by atomic mass is 9.82. The highest BCUT2D eigenvalue weighted by Gasteiger charge is 2.36. The van der Waals surface area contributed by atoms with Crippen LogP contribution in [0.3, 0.4) is 0 Å². The Morgan fingerprint density at radius 1 is 1.44 bits per heavy atom. The van der Waals surface area contributed by atoms with Gasteiger partial charge in [0.05, 0.1) is 13.3 Å². The normalized spacial score (nSPS) is 23.9. The zero-order valence-electron chi connectivity index (χ0n) is 10.4. The topological polar surface area (TPSA) is 38.5 Å². The van der Waals surface area contributed by atoms with Crippen molar-refractivity contribution in [1.82, 2.24) is 4.90 Å². The summed E-state index contributed by atoms with van der Waals surface area (Å²) in [7, 11) is 3.78. The molecule has 1 unspecified atom stereocenters. The maximum Gasteiger partial charge on any atom is 0.119 e. The molecule has 3 heteroatoms. The highest BCUT2D eigenvalue weighted by atomic mass is 16.5. The van der Waals surface area contributed by atoms with E-state index in [-0.39, 0.29) is 11.7 Å². The molecule has 0 aromatic heterocycles. The zero-order valence-corrected chi connectivity index (χ0v) is 10.4. The summed E-state index contributed by atoms with van der Waals surface area (Å²) >= 11 is 0. The minimum atomic E-state index is -0.0146. The number of hydrogen-bond acceptors (Lipinski definition) is 3. The van der Waals surface area contributed by atoms with Crippen LogP contribution < -0.4 is 10.5 Å². The Bertz CT molecular complexity index is 401. The highest BCUT2D eigenvalue weighted by molar-refractivity contribution is 5.41. The third kappa shape index (κ3) is 1.60. The maximum atomic E-state index is 6.15. The van der Waals surface area contributed by atoms with Crippen LogP contribution in [0.15, 0.2) is 18.2 Å². The Kier molecular flexibility index (Phi) is 2.68. The molecule has 0 bridgehead atoms. The fourth-order valence-corrected chi connectivity index (χ4v) is 2.43. The van der Waals surface area contributed by atoms with Crippen molar-refractivity contribution in [1.29, 1.82) is 0 Å². The molecule has 2 N–H and O–H groups in total. The Morgan fingerprint density at radius 2 is 2.12 bits per heavy atom. The molecule has 1 heterocycles. The minimum absolute atomic E-state index is 0.0146. The van der Waals surface area contributed by atoms with Crippen LogP contribution in [0.2, 0.25) is 0 Å². The Hall–Kier alpha value is -1.06. The standard InChI is InChI=1S/C13H20N2O/c1-13(2)11-6-5-10(16-4)7-9(11)8-12(14)15(13)3/h5-7,12H,8,14H2,1-4H3. The van der Waals surface area contributed by atoms with Crippen molar-refractivity contribution >= 4 is 0 Å². The molecule has 16 heavy (non-hydrogen) atoms. The van der Waals surface area contributed by atoms with Gasteiger partial charge in [0.2, 0.25) is 0 Å². The molecule has 1 aromatic carbocycles. The van der Waals surface area contributed by atoms with Crippen molar-refractivity contribution in [2.45, 2.75) is 32.0 Å². The summed E-state index contributed by atoms with van der Waals surface area (Å²) in [5.74, 6) is 0.909. The molecule has 1 aliphatic rings. The highest BCUT2D eigenvalue weighted by Crippen LogP contribution is 2.36. The van der Waals surface area contributed by atoms with Gasteiger partial charge in [-0.3, -0.25) is 4.90 Å². The van der Waals surface area contributed by atoms with Crippen LogP contribution in [0.25, 0.3) is 0 Å². The van der Waals surface area contributed by atoms with Gasteiger partial charge in [-0.1, -0.05) is 6.07 Å². The summed E-state index contributed by atoms with van der Waals surface area (Å²) in [4.78, 5) is 2.22. The van der Waals surface area contributed by atoms with Gasteiger partial charge >= 0.3 is 0 Å². The average molecular weight is 220 g/mol. The lowest BCUT2D eigenvalue weighted by Crippen LogP contribution is -2.54. The van der Waals surface area contributed by atoms with Gasteiger partial charge in [-0.05, 0) is 44.2 Å². The Balaban J connectivity index is 2.51. The summed E-state index contributed by atoms with van der Waals surface area (Å²) in [6.45, 7) is 4.41. The summed E-state index contributed by atoms with van der Waals surface area (Å²) in [6.07, 6.45) is 0.960. The number of likely N-dealkylation sites (N-methyl/N-ethyl adjacent to an activating group) is 1. The smallest absolute Gasteiger partial charge is 0.119 e. The number of rotatable bonds is 1. The number of ether oxygens (including phenoxy) is 1. The lowest BCUT2D eigenvalue weighted by molar-refractivity contribution is 0.0865. The molecule has 0 radical (unpaired) electrons. The van der Waals surface area contributed by atoms with E-state index in [0.717, 1.165) is 12.2 Å². The molecule has 3 nitrogen and oxygen atoms in total. The van der Waals surface area contributed by atoms with Gasteiger partial charge in [0.25, 0.3) is 0 Å². The Morgan fingerprint density at radius 3 is 2.75 bits per heavy atom. The van der Waals surface area contributed by atoms with E-state index in [4.69, 9.17) is 10.5 Å². The minimum Gasteiger partial charge on any atom is -0.497 e. The first-order valence-corrected chi connectivity index (χ1v) is 5.62. The van der Waals surface area contributed by atoms with Crippen molar-refractivity contribution in [2.75, 3.05) is 14.2 Å². The lowest BCUT2D eigenvalue weighted by Gasteiger charge is -2.45. The van der Waals surface area contributed by atoms with Gasteiger partial charge in [0.1, 0.15) is 5.75 Å². The fourth-order valence-electron chi connectivity index (χ4n) is 2.43. The molecule has 0 aliphatic carbocycles. The third-order valence-electron chi connectivity index (χ3n) is 3.78. The number of methoxy groups -OCH3 is 1. The van der Waals surface area contributed by atoms with Gasteiger partial charge in [0, 0.05) is 12.0 Å². The van der Waals surface area contributed by atoms with Crippen molar-refractivity contribution < 1.29 is 4.74 Å². The van der Waals surface area contributed by atoms with E-state index in [1.807, 2.05) is 6.07 Å². The molecule has 0 saturated heterocycles. The summed E-state index contributed by atoms with van der Waals surface area (Å²) in [5, 5.41) is 0. The molecule has 1 atom stereocenters. The van der Waals surface area contributed by atoms with Crippen LogP contribution in [-0.4, -0.2) is 25.2 Å². The quantitative estimate of drug-likeness (QED) is 0.783. The van der Waals surface area contributed by atoms with Crippen LogP contribution in [0.4, 0.5) is 0 Å². The van der Waals surface area contributed by atoms with E-state index < -0.39 is 0 Å². The van der Waals surface area contributed by atoms with Crippen molar-refractivity contribution in [2.24, 2.45) is 5.73 Å². The fraction of sp³-hybridized carbons (Fsp3) is 0.538. The molecule has 0 fully saturated rings. The van der Waals surface area contributed by atoms with Crippen LogP contribution in [0.5, 0.6) is 5.75 Å². The molecule has 88 valence electrons. The number of fused-ring (bicyclic) bond motifs is 1. The molecule has 2 rings (SSSR count). The second kappa shape index (κ2) is 3.75. The van der Waals surface area contributed by atoms with E-state index in [2.05, 4.69) is 37.9 Å². The summed E-state index contributed by atoms with van der Waals surface area (Å²) in [6, 6.07) is 6.27. The summed E-state index contributed by atoms with van der Waals surface area (Å²) < 4.78 is 5.26. The zero-order chi connectivity index (χ0) is 11.9. The predicted molar refractivity (Wildman–Crippen MR) is 65.5 cm³/mol. The van der Waals surface area contributed by atoms with Crippen LogP contribution in [-0.2, 0) is 12.0 Å². The molecule has 1 aromatic rings. The van der Waals surface area contributed by atoms with Crippen LogP contribution >= 0.6 is 0 Å². The van der Waals surface area contributed by atoms with Crippen molar-refractivity contribution in [3.05, 3.63) is 29.3 Å². The van der Waals surface area contributed by atoms with E-state index in [9.17, 15) is 0 Å². The van der Waals surface area contributed by atoms with Gasteiger partial charge in [-0.2, -0.15) is 0 Å². The van der Waals surface area contributed by atoms with E-state index >= 15 is 0 Å². The van der Waals surface area contributed by atoms with Gasteiger partial charge in [-0.25, -0.2) is 0 Å². The largest absolute Gasteiger partial charge is 0.497 e. The van der Waals surface area contributed by atoms with Gasteiger partial charge < -0.3 is 10.5 Å². The number of nitrogens with zero attached hydrogens (tertiary/aromatic N) is 1. The molecule has 0 amide bonds. The average Bonchev–Trinajstić information content (AvgIpc) is 2.26. The number of benzene rings is 1. The molecular formula is C13H20N2O. The van der Waals surface area contributed by atoms with E-state index in [0.29, 0.717) is 0 Å². The van der Waals surface area contributed by atoms with Crippen molar-refractivity contribution in [3.63, 3.8) is 0 Å². The first-order valence-electron chi connectivity index (χ1n) is 5.62.